The number of hydrogen-bond acceptors (Lipinski definition) is 3. The van der Waals surface area contributed by atoms with Crippen LogP contribution in [0.3, 0.4) is 0 Å². The van der Waals surface area contributed by atoms with Gasteiger partial charge in [-0.2, -0.15) is 0 Å². The molecule has 0 radical (unpaired) electrons. The molecule has 0 aromatic carbocycles. The summed E-state index contributed by atoms with van der Waals surface area (Å²) in [6.45, 7) is 5.72. The average molecular weight is 184 g/mol. The molecule has 76 valence electrons. The molecule has 2 fully saturated rings. The van der Waals surface area contributed by atoms with Gasteiger partial charge in [-0.15, -0.1) is 0 Å². The van der Waals surface area contributed by atoms with Gasteiger partial charge in [0, 0.05) is 19.7 Å². The number of likely N-dealkylation sites (tertiary alicyclic amines) is 1. The molecule has 0 unspecified atom stereocenters. The Morgan fingerprint density at radius 3 is 3.23 bits per heavy atom. The molecule has 3 heteroatoms. The predicted octanol–water partition coefficient (Wildman–Crippen LogP) is 0.317. The fourth-order valence-corrected chi connectivity index (χ4v) is 2.67. The van der Waals surface area contributed by atoms with Gasteiger partial charge >= 0.3 is 0 Å². The number of piperidine rings is 1. The van der Waals surface area contributed by atoms with Gasteiger partial charge in [-0.3, -0.25) is 4.90 Å². The zero-order valence-corrected chi connectivity index (χ0v) is 8.46. The van der Waals surface area contributed by atoms with Crippen LogP contribution in [-0.4, -0.2) is 50.8 Å². The summed E-state index contributed by atoms with van der Waals surface area (Å²) in [6.07, 6.45) is 2.70. The number of ether oxygens (including phenoxy) is 1. The van der Waals surface area contributed by atoms with Crippen LogP contribution < -0.4 is 5.32 Å². The van der Waals surface area contributed by atoms with E-state index in [1.54, 1.807) is 7.11 Å². The van der Waals surface area contributed by atoms with E-state index in [1.165, 1.54) is 32.5 Å². The number of nitrogens with one attached hydrogen (secondary N) is 1. The van der Waals surface area contributed by atoms with Crippen LogP contribution in [0.4, 0.5) is 0 Å². The number of nitrogens with zero attached hydrogens (tertiary/aromatic N) is 1. The molecule has 2 aliphatic heterocycles. The Kier molecular flexibility index (Phi) is 3.19. The highest BCUT2D eigenvalue weighted by Gasteiger charge is 2.34. The summed E-state index contributed by atoms with van der Waals surface area (Å²) in [5, 5.41) is 3.47. The smallest absolute Gasteiger partial charge is 0.0589 e. The first-order chi connectivity index (χ1) is 6.42. The summed E-state index contributed by atoms with van der Waals surface area (Å²) in [5.41, 5.74) is 0. The number of hydrogen-bond donors (Lipinski definition) is 1. The second kappa shape index (κ2) is 4.40. The van der Waals surface area contributed by atoms with Gasteiger partial charge in [0.05, 0.1) is 6.61 Å². The maximum Gasteiger partial charge on any atom is 0.0589 e. The first kappa shape index (κ1) is 9.44. The Morgan fingerprint density at radius 2 is 2.38 bits per heavy atom. The van der Waals surface area contributed by atoms with Crippen molar-refractivity contribution in [1.82, 2.24) is 10.2 Å². The van der Waals surface area contributed by atoms with Gasteiger partial charge in [0.2, 0.25) is 0 Å². The quantitative estimate of drug-likeness (QED) is 0.683. The average Bonchev–Trinajstić information content (AvgIpc) is 2.58. The van der Waals surface area contributed by atoms with Gasteiger partial charge in [-0.1, -0.05) is 0 Å². The van der Waals surface area contributed by atoms with Crippen LogP contribution >= 0.6 is 0 Å². The summed E-state index contributed by atoms with van der Waals surface area (Å²) in [6, 6.07) is 0.844. The third-order valence-corrected chi connectivity index (χ3v) is 3.41. The highest BCUT2D eigenvalue weighted by molar-refractivity contribution is 4.91. The van der Waals surface area contributed by atoms with Crippen molar-refractivity contribution in [2.24, 2.45) is 5.92 Å². The van der Waals surface area contributed by atoms with E-state index in [0.717, 1.165) is 25.1 Å². The zero-order chi connectivity index (χ0) is 9.10. The molecule has 0 amide bonds. The van der Waals surface area contributed by atoms with Crippen molar-refractivity contribution in [2.75, 3.05) is 39.9 Å². The predicted molar refractivity (Wildman–Crippen MR) is 52.8 cm³/mol. The van der Waals surface area contributed by atoms with E-state index in [0.29, 0.717) is 0 Å². The van der Waals surface area contributed by atoms with Crippen molar-refractivity contribution in [3.05, 3.63) is 0 Å². The maximum atomic E-state index is 5.13. The second-order valence-electron chi connectivity index (χ2n) is 4.14. The summed E-state index contributed by atoms with van der Waals surface area (Å²) in [4.78, 5) is 2.61. The molecule has 2 rings (SSSR count). The first-order valence-electron chi connectivity index (χ1n) is 5.35. The standard InChI is InChI=1S/C10H20N2O/c1-13-7-6-12-5-3-9-8-11-4-2-10(9)12/h9-11H,2-8H2,1H3/t9-,10-/m1/s1. The molecule has 2 saturated heterocycles. The maximum absolute atomic E-state index is 5.13. The number of methoxy groups -OCH3 is 1. The normalized spacial score (nSPS) is 34.8. The molecule has 0 bridgehead atoms. The lowest BCUT2D eigenvalue weighted by molar-refractivity contribution is 0.123. The monoisotopic (exact) mass is 184 g/mol. The molecule has 2 atom stereocenters. The number of rotatable bonds is 3. The molecule has 0 spiro atoms. The van der Waals surface area contributed by atoms with Gasteiger partial charge in [-0.25, -0.2) is 0 Å². The van der Waals surface area contributed by atoms with E-state index in [-0.39, 0.29) is 0 Å². The molecule has 2 heterocycles. The van der Waals surface area contributed by atoms with Crippen LogP contribution in [0.25, 0.3) is 0 Å². The molecule has 3 nitrogen and oxygen atoms in total. The van der Waals surface area contributed by atoms with Crippen LogP contribution in [0.2, 0.25) is 0 Å². The molecular weight excluding hydrogens is 164 g/mol. The summed E-state index contributed by atoms with van der Waals surface area (Å²) in [5.74, 6) is 0.908. The van der Waals surface area contributed by atoms with Crippen LogP contribution in [0.15, 0.2) is 0 Å². The van der Waals surface area contributed by atoms with Crippen molar-refractivity contribution in [3.8, 4) is 0 Å². The van der Waals surface area contributed by atoms with Crippen molar-refractivity contribution in [2.45, 2.75) is 18.9 Å². The van der Waals surface area contributed by atoms with Crippen molar-refractivity contribution in [3.63, 3.8) is 0 Å². The van der Waals surface area contributed by atoms with Gasteiger partial charge in [0.1, 0.15) is 0 Å². The van der Waals surface area contributed by atoms with E-state index in [4.69, 9.17) is 4.74 Å². The molecule has 0 aromatic rings. The van der Waals surface area contributed by atoms with Crippen molar-refractivity contribution < 1.29 is 4.74 Å². The third kappa shape index (κ3) is 2.03. The SMILES string of the molecule is COCCN1CC[C@@H]2CNCC[C@H]21. The molecule has 1 N–H and O–H groups in total. The molecular formula is C10H20N2O. The largest absolute Gasteiger partial charge is 0.383 e. The van der Waals surface area contributed by atoms with Crippen LogP contribution in [0.1, 0.15) is 12.8 Å². The van der Waals surface area contributed by atoms with E-state index in [1.807, 2.05) is 0 Å². The van der Waals surface area contributed by atoms with Gasteiger partial charge in [0.15, 0.2) is 0 Å². The summed E-state index contributed by atoms with van der Waals surface area (Å²) < 4.78 is 5.13. The van der Waals surface area contributed by atoms with Gasteiger partial charge in [-0.05, 0) is 38.4 Å². The first-order valence-corrected chi connectivity index (χ1v) is 5.35. The Balaban J connectivity index is 1.84. The molecule has 0 aliphatic carbocycles. The van der Waals surface area contributed by atoms with E-state index >= 15 is 0 Å². The van der Waals surface area contributed by atoms with Crippen LogP contribution in [-0.2, 0) is 4.74 Å². The van der Waals surface area contributed by atoms with Gasteiger partial charge in [0.25, 0.3) is 0 Å². The van der Waals surface area contributed by atoms with Crippen molar-refractivity contribution >= 4 is 0 Å². The van der Waals surface area contributed by atoms with E-state index in [2.05, 4.69) is 10.2 Å². The minimum Gasteiger partial charge on any atom is -0.383 e. The Hall–Kier alpha value is -0.120. The van der Waals surface area contributed by atoms with E-state index < -0.39 is 0 Å². The minimum absolute atomic E-state index is 0.844. The van der Waals surface area contributed by atoms with E-state index in [9.17, 15) is 0 Å². The number of fused-ring (bicyclic) bond motifs is 1. The topological polar surface area (TPSA) is 24.5 Å². The lowest BCUT2D eigenvalue weighted by Crippen LogP contribution is -2.44. The van der Waals surface area contributed by atoms with Crippen LogP contribution in [0, 0.1) is 5.92 Å². The Morgan fingerprint density at radius 1 is 1.46 bits per heavy atom. The Labute approximate surface area is 80.4 Å². The van der Waals surface area contributed by atoms with Gasteiger partial charge < -0.3 is 10.1 Å². The Bertz CT molecular complexity index is 163. The fourth-order valence-electron chi connectivity index (χ4n) is 2.67. The molecule has 2 aliphatic rings. The lowest BCUT2D eigenvalue weighted by Gasteiger charge is -2.32. The molecule has 13 heavy (non-hydrogen) atoms. The highest BCUT2D eigenvalue weighted by atomic mass is 16.5. The zero-order valence-electron chi connectivity index (χ0n) is 8.46. The minimum atomic E-state index is 0.844. The fraction of sp³-hybridized carbons (Fsp3) is 1.00. The molecule has 0 aromatic heterocycles. The second-order valence-corrected chi connectivity index (χ2v) is 4.14. The third-order valence-electron chi connectivity index (χ3n) is 3.41. The van der Waals surface area contributed by atoms with Crippen molar-refractivity contribution in [1.29, 1.82) is 0 Å². The summed E-state index contributed by atoms with van der Waals surface area (Å²) >= 11 is 0. The summed E-state index contributed by atoms with van der Waals surface area (Å²) in [7, 11) is 1.79. The molecule has 0 saturated carbocycles. The lowest BCUT2D eigenvalue weighted by atomic mass is 9.94. The van der Waals surface area contributed by atoms with Crippen LogP contribution in [0.5, 0.6) is 0 Å². The highest BCUT2D eigenvalue weighted by Crippen LogP contribution is 2.27.